The van der Waals surface area contributed by atoms with Gasteiger partial charge >= 0.3 is 0 Å². The number of carbonyl (C=O) groups is 2. The van der Waals surface area contributed by atoms with E-state index in [1.807, 2.05) is 26.0 Å². The summed E-state index contributed by atoms with van der Waals surface area (Å²) >= 11 is 9.03. The predicted octanol–water partition coefficient (Wildman–Crippen LogP) is 5.87. The molecule has 9 nitrogen and oxygen atoms in total. The number of thioether (sulfide) groups is 1. The summed E-state index contributed by atoms with van der Waals surface area (Å²) in [6.45, 7) is 4.05. The lowest BCUT2D eigenvalue weighted by Gasteiger charge is -2.42. The topological polar surface area (TPSA) is 134 Å². The van der Waals surface area contributed by atoms with Crippen molar-refractivity contribution >= 4 is 57.2 Å². The number of allylic oxidation sites excluding steroid dienone is 3. The van der Waals surface area contributed by atoms with E-state index in [1.54, 1.807) is 48.4 Å². The zero-order valence-corrected chi connectivity index (χ0v) is 25.0. The van der Waals surface area contributed by atoms with Crippen LogP contribution in [0.5, 0.6) is 5.75 Å². The number of halogens is 1. The van der Waals surface area contributed by atoms with Gasteiger partial charge in [-0.2, -0.15) is 5.26 Å². The molecule has 0 radical (unpaired) electrons. The first-order chi connectivity index (χ1) is 19.6. The second-order valence-electron chi connectivity index (χ2n) is 10.4. The quantitative estimate of drug-likeness (QED) is 0.316. The van der Waals surface area contributed by atoms with Gasteiger partial charge in [-0.1, -0.05) is 72.8 Å². The van der Waals surface area contributed by atoms with Crippen molar-refractivity contribution in [3.05, 3.63) is 81.8 Å². The summed E-state index contributed by atoms with van der Waals surface area (Å²) in [5.74, 6) is -0.0101. The molecule has 0 fully saturated rings. The van der Waals surface area contributed by atoms with Crippen LogP contribution >= 0.6 is 34.7 Å². The standard InChI is InChI=1S/C29H27ClN6O3S2/c1-29(2)12-21-25(22(37)13-29)24(18-9-4-5-10-20(18)30)19(14-31)26(32)36(21)27-34-35-28(41-27)40-15-23(38)33-16-7-6-8-17(11-16)39-3/h4-11,24H,12-13,15,32H2,1-3H3,(H,33,38). The van der Waals surface area contributed by atoms with E-state index < -0.39 is 5.92 Å². The summed E-state index contributed by atoms with van der Waals surface area (Å²) in [5, 5.41) is 22.6. The first-order valence-corrected chi connectivity index (χ1v) is 14.9. The molecule has 1 aromatic heterocycles. The number of rotatable bonds is 7. The van der Waals surface area contributed by atoms with Crippen LogP contribution in [-0.4, -0.2) is 34.8 Å². The highest BCUT2D eigenvalue weighted by molar-refractivity contribution is 8.01. The van der Waals surface area contributed by atoms with Gasteiger partial charge in [0.05, 0.1) is 30.4 Å². The number of ether oxygens (including phenoxy) is 1. The molecule has 12 heteroatoms. The van der Waals surface area contributed by atoms with E-state index in [-0.39, 0.29) is 34.3 Å². The molecule has 2 aliphatic rings. The Hall–Kier alpha value is -3.85. The van der Waals surface area contributed by atoms with Crippen LogP contribution in [-0.2, 0) is 9.59 Å². The van der Waals surface area contributed by atoms with E-state index in [2.05, 4.69) is 21.6 Å². The lowest BCUT2D eigenvalue weighted by Crippen LogP contribution is -2.42. The number of ketones is 1. The number of hydrogen-bond donors (Lipinski definition) is 2. The van der Waals surface area contributed by atoms with Crippen molar-refractivity contribution in [2.75, 3.05) is 23.1 Å². The second kappa shape index (κ2) is 11.6. The van der Waals surface area contributed by atoms with Crippen LogP contribution in [0.2, 0.25) is 5.02 Å². The number of nitrogens with zero attached hydrogens (tertiary/aromatic N) is 4. The predicted molar refractivity (Wildman–Crippen MR) is 161 cm³/mol. The van der Waals surface area contributed by atoms with Gasteiger partial charge in [-0.05, 0) is 35.6 Å². The van der Waals surface area contributed by atoms with Crippen LogP contribution in [0.3, 0.4) is 0 Å². The molecule has 2 heterocycles. The molecule has 0 saturated heterocycles. The Morgan fingerprint density at radius 2 is 2.05 bits per heavy atom. The number of nitrogens with two attached hydrogens (primary N) is 1. The zero-order valence-electron chi connectivity index (χ0n) is 22.6. The number of methoxy groups -OCH3 is 1. The van der Waals surface area contributed by atoms with Crippen molar-refractivity contribution in [2.45, 2.75) is 36.9 Å². The summed E-state index contributed by atoms with van der Waals surface area (Å²) in [4.78, 5) is 27.9. The van der Waals surface area contributed by atoms with Gasteiger partial charge in [0.2, 0.25) is 11.0 Å². The van der Waals surface area contributed by atoms with Crippen molar-refractivity contribution in [3.63, 3.8) is 0 Å². The monoisotopic (exact) mass is 606 g/mol. The number of carbonyl (C=O) groups excluding carboxylic acids is 2. The van der Waals surface area contributed by atoms with Crippen LogP contribution in [0, 0.1) is 16.7 Å². The van der Waals surface area contributed by atoms with Gasteiger partial charge in [-0.3, -0.25) is 14.5 Å². The first-order valence-electron chi connectivity index (χ1n) is 12.7. The van der Waals surface area contributed by atoms with E-state index in [1.165, 1.54) is 23.1 Å². The van der Waals surface area contributed by atoms with Gasteiger partial charge in [0, 0.05) is 34.5 Å². The summed E-state index contributed by atoms with van der Waals surface area (Å²) in [5.41, 5.74) is 9.06. The van der Waals surface area contributed by atoms with Crippen LogP contribution in [0.4, 0.5) is 10.8 Å². The number of anilines is 2. The summed E-state index contributed by atoms with van der Waals surface area (Å²) in [7, 11) is 1.56. The minimum atomic E-state index is -0.675. The summed E-state index contributed by atoms with van der Waals surface area (Å²) < 4.78 is 5.75. The molecular weight excluding hydrogens is 580 g/mol. The van der Waals surface area contributed by atoms with E-state index in [4.69, 9.17) is 22.1 Å². The number of Topliss-reactive ketones (excluding diaryl/α,β-unsaturated/α-hetero) is 1. The Kier molecular flexibility index (Phi) is 8.09. The number of nitrogens with one attached hydrogen (secondary N) is 1. The number of nitriles is 1. The molecule has 1 aliphatic heterocycles. The van der Waals surface area contributed by atoms with Gasteiger partial charge in [0.15, 0.2) is 10.1 Å². The average Bonchev–Trinajstić information content (AvgIpc) is 3.39. The van der Waals surface area contributed by atoms with Crippen molar-refractivity contribution < 1.29 is 14.3 Å². The maximum absolute atomic E-state index is 13.7. The molecule has 1 unspecified atom stereocenters. The minimum Gasteiger partial charge on any atom is -0.497 e. The van der Waals surface area contributed by atoms with Gasteiger partial charge in [-0.25, -0.2) is 0 Å². The summed E-state index contributed by atoms with van der Waals surface area (Å²) in [6.07, 6.45) is 0.873. The van der Waals surface area contributed by atoms with E-state index >= 15 is 0 Å². The third-order valence-corrected chi connectivity index (χ3v) is 9.25. The Balaban J connectivity index is 1.45. The van der Waals surface area contributed by atoms with Gasteiger partial charge in [0.1, 0.15) is 11.6 Å². The molecule has 1 aliphatic carbocycles. The third-order valence-electron chi connectivity index (χ3n) is 6.86. The van der Waals surface area contributed by atoms with Gasteiger partial charge < -0.3 is 15.8 Å². The highest BCUT2D eigenvalue weighted by atomic mass is 35.5. The van der Waals surface area contributed by atoms with Crippen molar-refractivity contribution in [1.29, 1.82) is 5.26 Å². The molecular formula is C29H27ClN6O3S2. The normalized spacial score (nSPS) is 18.2. The Labute approximate surface area is 251 Å². The molecule has 210 valence electrons. The molecule has 0 spiro atoms. The minimum absolute atomic E-state index is 0.0558. The molecule has 1 atom stereocenters. The zero-order chi connectivity index (χ0) is 29.3. The van der Waals surface area contributed by atoms with E-state index in [0.717, 1.165) is 0 Å². The number of amides is 1. The van der Waals surface area contributed by atoms with Crippen molar-refractivity contribution in [3.8, 4) is 11.8 Å². The molecule has 0 saturated carbocycles. The Bertz CT molecular complexity index is 1640. The molecule has 2 aromatic carbocycles. The molecule has 3 N–H and O–H groups in total. The number of aromatic nitrogens is 2. The fourth-order valence-electron chi connectivity index (χ4n) is 5.12. The molecule has 3 aromatic rings. The fourth-order valence-corrected chi connectivity index (χ4v) is 7.05. The number of benzene rings is 2. The lowest BCUT2D eigenvalue weighted by molar-refractivity contribution is -0.118. The number of hydrogen-bond acceptors (Lipinski definition) is 10. The van der Waals surface area contributed by atoms with Crippen LogP contribution in [0.15, 0.2) is 75.5 Å². The largest absolute Gasteiger partial charge is 0.497 e. The highest BCUT2D eigenvalue weighted by Crippen LogP contribution is 2.51. The molecule has 1 amide bonds. The first kappa shape index (κ1) is 28.7. The van der Waals surface area contributed by atoms with E-state index in [0.29, 0.717) is 55.6 Å². The second-order valence-corrected chi connectivity index (χ2v) is 13.0. The SMILES string of the molecule is COc1cccc(NC(=O)CSc2nnc(N3C(N)=C(C#N)C(c4ccccc4Cl)C4=C3CC(C)(C)CC4=O)s2)c1. The van der Waals surface area contributed by atoms with Crippen LogP contribution < -0.4 is 20.7 Å². The highest BCUT2D eigenvalue weighted by Gasteiger charge is 2.45. The average molecular weight is 607 g/mol. The maximum atomic E-state index is 13.7. The van der Waals surface area contributed by atoms with Crippen LogP contribution in [0.1, 0.15) is 38.2 Å². The molecule has 41 heavy (non-hydrogen) atoms. The van der Waals surface area contributed by atoms with Crippen molar-refractivity contribution in [1.82, 2.24) is 10.2 Å². The lowest BCUT2D eigenvalue weighted by atomic mass is 9.68. The van der Waals surface area contributed by atoms with Crippen molar-refractivity contribution in [2.24, 2.45) is 11.1 Å². The fraction of sp³-hybridized carbons (Fsp3) is 0.276. The Morgan fingerprint density at radius 1 is 1.27 bits per heavy atom. The smallest absolute Gasteiger partial charge is 0.234 e. The Morgan fingerprint density at radius 3 is 2.78 bits per heavy atom. The third kappa shape index (κ3) is 5.81. The van der Waals surface area contributed by atoms with Crippen LogP contribution in [0.25, 0.3) is 0 Å². The molecule has 0 bridgehead atoms. The van der Waals surface area contributed by atoms with E-state index in [9.17, 15) is 14.9 Å². The molecule has 5 rings (SSSR count). The van der Waals surface area contributed by atoms with Gasteiger partial charge in [0.25, 0.3) is 0 Å². The van der Waals surface area contributed by atoms with Gasteiger partial charge in [-0.15, -0.1) is 10.2 Å². The summed E-state index contributed by atoms with van der Waals surface area (Å²) in [6, 6.07) is 16.5. The maximum Gasteiger partial charge on any atom is 0.234 e.